The molecule has 0 N–H and O–H groups in total. The molecule has 0 aliphatic rings. The van der Waals surface area contributed by atoms with Gasteiger partial charge in [-0.2, -0.15) is 0 Å². The average Bonchev–Trinajstić information content (AvgIpc) is 2.80. The van der Waals surface area contributed by atoms with Gasteiger partial charge in [0.25, 0.3) is 0 Å². The van der Waals surface area contributed by atoms with Crippen molar-refractivity contribution in [2.24, 2.45) is 7.05 Å². The van der Waals surface area contributed by atoms with Crippen LogP contribution >= 0.6 is 23.1 Å². The van der Waals surface area contributed by atoms with E-state index in [-0.39, 0.29) is 0 Å². The highest BCUT2D eigenvalue weighted by atomic mass is 32.2. The van der Waals surface area contributed by atoms with Crippen molar-refractivity contribution in [1.82, 2.24) is 14.8 Å². The predicted octanol–water partition coefficient (Wildman–Crippen LogP) is 2.15. The monoisotopic (exact) mass is 239 g/mol. The molecule has 0 saturated carbocycles. The van der Waals surface area contributed by atoms with E-state index in [0.717, 1.165) is 27.0 Å². The number of carbonyl (C=O) groups excluding carboxylic acids is 1. The van der Waals surface area contributed by atoms with Gasteiger partial charge in [0.05, 0.1) is 4.88 Å². The molecule has 2 heterocycles. The molecule has 6 heteroatoms. The van der Waals surface area contributed by atoms with Crippen molar-refractivity contribution >= 4 is 29.4 Å². The second-order valence-electron chi connectivity index (χ2n) is 2.99. The first kappa shape index (κ1) is 10.4. The van der Waals surface area contributed by atoms with Gasteiger partial charge in [0, 0.05) is 17.3 Å². The van der Waals surface area contributed by atoms with Crippen molar-refractivity contribution in [3.05, 3.63) is 22.1 Å². The molecule has 2 aromatic rings. The van der Waals surface area contributed by atoms with Crippen LogP contribution in [0.3, 0.4) is 0 Å². The van der Waals surface area contributed by atoms with Crippen LogP contribution in [0.1, 0.15) is 15.5 Å². The lowest BCUT2D eigenvalue weighted by Gasteiger charge is -1.97. The van der Waals surface area contributed by atoms with E-state index in [9.17, 15) is 4.79 Å². The first-order chi connectivity index (χ1) is 7.20. The molecule has 0 amide bonds. The fraction of sp³-hybridized carbons (Fsp3) is 0.222. The zero-order valence-electron chi connectivity index (χ0n) is 8.30. The molecule has 0 atom stereocenters. The molecule has 0 aromatic carbocycles. The molecule has 0 unspecified atom stereocenters. The Morgan fingerprint density at radius 1 is 1.53 bits per heavy atom. The molecule has 2 rings (SSSR count). The van der Waals surface area contributed by atoms with E-state index in [4.69, 9.17) is 0 Å². The van der Waals surface area contributed by atoms with Gasteiger partial charge in [-0.3, -0.25) is 4.79 Å². The van der Waals surface area contributed by atoms with Gasteiger partial charge in [0.15, 0.2) is 11.4 Å². The van der Waals surface area contributed by atoms with Gasteiger partial charge in [0.2, 0.25) is 0 Å². The van der Waals surface area contributed by atoms with Gasteiger partial charge >= 0.3 is 0 Å². The van der Waals surface area contributed by atoms with Crippen LogP contribution in [-0.4, -0.2) is 21.1 Å². The van der Waals surface area contributed by atoms with E-state index < -0.39 is 0 Å². The highest BCUT2D eigenvalue weighted by Crippen LogP contribution is 2.29. The number of aromatic nitrogens is 3. The maximum atomic E-state index is 10.5. The molecule has 0 radical (unpaired) electrons. The lowest BCUT2D eigenvalue weighted by molar-refractivity contribution is 0.112. The summed E-state index contributed by atoms with van der Waals surface area (Å²) in [5, 5.41) is 10.8. The molecule has 0 aliphatic carbocycles. The Bertz CT molecular complexity index is 489. The lowest BCUT2D eigenvalue weighted by Crippen LogP contribution is -1.92. The van der Waals surface area contributed by atoms with Crippen LogP contribution in [0.5, 0.6) is 0 Å². The Balaban J connectivity index is 2.21. The molecule has 0 aliphatic heterocycles. The minimum absolute atomic E-state index is 0.733. The van der Waals surface area contributed by atoms with Crippen LogP contribution in [0.25, 0.3) is 0 Å². The number of nitrogens with zero attached hydrogens (tertiary/aromatic N) is 3. The van der Waals surface area contributed by atoms with Crippen LogP contribution in [0, 0.1) is 6.92 Å². The maximum Gasteiger partial charge on any atom is 0.195 e. The minimum Gasteiger partial charge on any atom is -0.309 e. The minimum atomic E-state index is 0.733. The van der Waals surface area contributed by atoms with Gasteiger partial charge in [-0.05, 0) is 24.8 Å². The van der Waals surface area contributed by atoms with E-state index in [0.29, 0.717) is 0 Å². The molecule has 0 bridgehead atoms. The summed E-state index contributed by atoms with van der Waals surface area (Å²) in [5.74, 6) is 0.878. The second-order valence-corrected chi connectivity index (χ2v) is 4.98. The summed E-state index contributed by atoms with van der Waals surface area (Å²) >= 11 is 2.95. The first-order valence-electron chi connectivity index (χ1n) is 4.28. The summed E-state index contributed by atoms with van der Waals surface area (Å²) < 4.78 is 1.92. The van der Waals surface area contributed by atoms with E-state index in [2.05, 4.69) is 10.2 Å². The normalized spacial score (nSPS) is 10.5. The third kappa shape index (κ3) is 2.10. The van der Waals surface area contributed by atoms with E-state index in [1.807, 2.05) is 30.0 Å². The summed E-state index contributed by atoms with van der Waals surface area (Å²) in [4.78, 5) is 12.3. The molecule has 4 nitrogen and oxygen atoms in total. The summed E-state index contributed by atoms with van der Waals surface area (Å²) in [6.07, 6.45) is 0.858. The number of aryl methyl sites for hydroxylation is 1. The molecule has 0 spiro atoms. The van der Waals surface area contributed by atoms with Crippen molar-refractivity contribution in [3.63, 3.8) is 0 Å². The summed E-state index contributed by atoms with van der Waals surface area (Å²) in [7, 11) is 1.92. The van der Waals surface area contributed by atoms with Crippen LogP contribution < -0.4 is 0 Å². The number of aldehydes is 1. The third-order valence-electron chi connectivity index (χ3n) is 1.97. The van der Waals surface area contributed by atoms with Crippen molar-refractivity contribution in [2.75, 3.05) is 0 Å². The summed E-state index contributed by atoms with van der Waals surface area (Å²) in [6.45, 7) is 1.90. The van der Waals surface area contributed by atoms with Gasteiger partial charge < -0.3 is 4.57 Å². The Labute approximate surface area is 95.3 Å². The maximum absolute atomic E-state index is 10.5. The fourth-order valence-electron chi connectivity index (χ4n) is 1.03. The van der Waals surface area contributed by atoms with Crippen LogP contribution in [0.15, 0.2) is 21.5 Å². The zero-order chi connectivity index (χ0) is 10.8. The lowest BCUT2D eigenvalue weighted by atomic mass is 10.5. The number of carbonyl (C=O) groups is 1. The Kier molecular flexibility index (Phi) is 2.88. The predicted molar refractivity (Wildman–Crippen MR) is 59.6 cm³/mol. The number of rotatable bonds is 3. The molecule has 0 fully saturated rings. The zero-order valence-corrected chi connectivity index (χ0v) is 9.93. The third-order valence-corrected chi connectivity index (χ3v) is 3.99. The Morgan fingerprint density at radius 3 is 2.87 bits per heavy atom. The Hall–Kier alpha value is -1.14. The average molecular weight is 239 g/mol. The fourth-order valence-corrected chi connectivity index (χ4v) is 2.76. The van der Waals surface area contributed by atoms with Crippen molar-refractivity contribution in [2.45, 2.75) is 17.0 Å². The molecule has 2 aromatic heterocycles. The molecular formula is C9H9N3OS2. The highest BCUT2D eigenvalue weighted by molar-refractivity contribution is 7.99. The first-order valence-corrected chi connectivity index (χ1v) is 5.98. The molecule has 15 heavy (non-hydrogen) atoms. The molecule has 78 valence electrons. The van der Waals surface area contributed by atoms with E-state index in [1.54, 1.807) is 0 Å². The number of thiophene rings is 1. The Morgan fingerprint density at radius 2 is 2.33 bits per heavy atom. The topological polar surface area (TPSA) is 47.8 Å². The van der Waals surface area contributed by atoms with Gasteiger partial charge in [-0.25, -0.2) is 0 Å². The second kappa shape index (κ2) is 4.16. The quantitative estimate of drug-likeness (QED) is 0.770. The van der Waals surface area contributed by atoms with E-state index >= 15 is 0 Å². The van der Waals surface area contributed by atoms with Crippen LogP contribution in [0.2, 0.25) is 0 Å². The standard InChI is InChI=1S/C9H9N3OS2/c1-6-10-11-9(12(6)2)15-8-3-7(4-13)14-5-8/h3-5H,1-2H3. The molecular weight excluding hydrogens is 230 g/mol. The highest BCUT2D eigenvalue weighted by Gasteiger charge is 2.08. The smallest absolute Gasteiger partial charge is 0.195 e. The summed E-state index contributed by atoms with van der Waals surface area (Å²) in [5.41, 5.74) is 0. The van der Waals surface area contributed by atoms with Gasteiger partial charge in [-0.1, -0.05) is 0 Å². The van der Waals surface area contributed by atoms with Crippen molar-refractivity contribution in [1.29, 1.82) is 0 Å². The van der Waals surface area contributed by atoms with Crippen molar-refractivity contribution < 1.29 is 4.79 Å². The van der Waals surface area contributed by atoms with Crippen molar-refractivity contribution in [3.8, 4) is 0 Å². The molecule has 0 saturated heterocycles. The van der Waals surface area contributed by atoms with Crippen LogP contribution in [0.4, 0.5) is 0 Å². The van der Waals surface area contributed by atoms with E-state index in [1.165, 1.54) is 23.1 Å². The van der Waals surface area contributed by atoms with Gasteiger partial charge in [-0.15, -0.1) is 21.5 Å². The largest absolute Gasteiger partial charge is 0.309 e. The van der Waals surface area contributed by atoms with Crippen LogP contribution in [-0.2, 0) is 7.05 Å². The SMILES string of the molecule is Cc1nnc(Sc2csc(C=O)c2)n1C. The number of hydrogen-bond acceptors (Lipinski definition) is 5. The number of hydrogen-bond donors (Lipinski definition) is 0. The summed E-state index contributed by atoms with van der Waals surface area (Å²) in [6, 6.07) is 1.85. The van der Waals surface area contributed by atoms with Gasteiger partial charge in [0.1, 0.15) is 5.82 Å².